The van der Waals surface area contributed by atoms with Gasteiger partial charge in [0.05, 0.1) is 0 Å². The first-order chi connectivity index (χ1) is 12.6. The van der Waals surface area contributed by atoms with Gasteiger partial charge in [0.1, 0.15) is 0 Å². The highest BCUT2D eigenvalue weighted by Gasteiger charge is 2.29. The third-order valence-corrected chi connectivity index (χ3v) is 5.90. The average Bonchev–Trinajstić information content (AvgIpc) is 2.69. The summed E-state index contributed by atoms with van der Waals surface area (Å²) >= 11 is 0. The summed E-state index contributed by atoms with van der Waals surface area (Å²) in [5.41, 5.74) is 0.839. The molecule has 0 radical (unpaired) electrons. The van der Waals surface area contributed by atoms with Gasteiger partial charge in [0, 0.05) is 31.1 Å². The standard InChI is InChI=1S/C21H31N3O2/c1-16(18-6-5-11-22-15-18)14-20(25)24-12-9-17(10-13-24)21(26)23-19-7-3-2-4-8-19/h2-4,7-8,16-18,22H,5-6,9-15H2,1H3,(H,23,26). The number of para-hydroxylation sites is 1. The number of nitrogens with zero attached hydrogens (tertiary/aromatic N) is 1. The second kappa shape index (κ2) is 9.17. The van der Waals surface area contributed by atoms with E-state index < -0.39 is 0 Å². The molecular weight excluding hydrogens is 326 g/mol. The zero-order chi connectivity index (χ0) is 18.4. The summed E-state index contributed by atoms with van der Waals surface area (Å²) in [7, 11) is 0. The van der Waals surface area contributed by atoms with Crippen molar-refractivity contribution in [2.75, 3.05) is 31.5 Å². The topological polar surface area (TPSA) is 61.4 Å². The Hall–Kier alpha value is -1.88. The van der Waals surface area contributed by atoms with Crippen molar-refractivity contribution < 1.29 is 9.59 Å². The van der Waals surface area contributed by atoms with E-state index in [0.717, 1.165) is 31.6 Å². The van der Waals surface area contributed by atoms with Crippen molar-refractivity contribution in [1.82, 2.24) is 10.2 Å². The Bertz CT molecular complexity index is 591. The number of hydrogen-bond donors (Lipinski definition) is 2. The van der Waals surface area contributed by atoms with E-state index in [1.54, 1.807) is 0 Å². The van der Waals surface area contributed by atoms with E-state index in [1.807, 2.05) is 35.2 Å². The van der Waals surface area contributed by atoms with Crippen LogP contribution in [0.1, 0.15) is 39.0 Å². The smallest absolute Gasteiger partial charge is 0.227 e. The number of carbonyl (C=O) groups excluding carboxylic acids is 2. The van der Waals surface area contributed by atoms with Crippen LogP contribution in [0.5, 0.6) is 0 Å². The van der Waals surface area contributed by atoms with Gasteiger partial charge >= 0.3 is 0 Å². The van der Waals surface area contributed by atoms with Crippen LogP contribution in [-0.4, -0.2) is 42.9 Å². The Kier molecular flexibility index (Phi) is 6.67. The molecule has 0 bridgehead atoms. The van der Waals surface area contributed by atoms with Gasteiger partial charge in [0.2, 0.25) is 11.8 Å². The van der Waals surface area contributed by atoms with E-state index in [1.165, 1.54) is 12.8 Å². The molecule has 2 aliphatic rings. The lowest BCUT2D eigenvalue weighted by atomic mass is 9.85. The lowest BCUT2D eigenvalue weighted by molar-refractivity contribution is -0.135. The first-order valence-electron chi connectivity index (χ1n) is 9.98. The van der Waals surface area contributed by atoms with Crippen molar-refractivity contribution >= 4 is 17.5 Å². The van der Waals surface area contributed by atoms with E-state index in [9.17, 15) is 9.59 Å². The first kappa shape index (κ1) is 18.9. The van der Waals surface area contributed by atoms with E-state index in [-0.39, 0.29) is 17.7 Å². The molecule has 2 saturated heterocycles. The van der Waals surface area contributed by atoms with Gasteiger partial charge in [-0.15, -0.1) is 0 Å². The van der Waals surface area contributed by atoms with Crippen molar-refractivity contribution in [3.05, 3.63) is 30.3 Å². The van der Waals surface area contributed by atoms with Crippen LogP contribution in [0.2, 0.25) is 0 Å². The van der Waals surface area contributed by atoms with Crippen molar-refractivity contribution in [1.29, 1.82) is 0 Å². The van der Waals surface area contributed by atoms with Gasteiger partial charge in [-0.05, 0) is 62.7 Å². The molecule has 1 aromatic carbocycles. The molecule has 1 aromatic rings. The largest absolute Gasteiger partial charge is 0.343 e. The molecule has 0 saturated carbocycles. The van der Waals surface area contributed by atoms with E-state index in [0.29, 0.717) is 31.3 Å². The molecule has 2 N–H and O–H groups in total. The molecule has 0 spiro atoms. The number of benzene rings is 1. The van der Waals surface area contributed by atoms with Crippen LogP contribution in [0.4, 0.5) is 5.69 Å². The molecule has 2 atom stereocenters. The van der Waals surface area contributed by atoms with Crippen LogP contribution in [0.3, 0.4) is 0 Å². The van der Waals surface area contributed by atoms with Crippen LogP contribution >= 0.6 is 0 Å². The first-order valence-corrected chi connectivity index (χ1v) is 9.98. The summed E-state index contributed by atoms with van der Waals surface area (Å²) in [6.07, 6.45) is 4.58. The molecule has 2 fully saturated rings. The molecule has 142 valence electrons. The van der Waals surface area contributed by atoms with Crippen LogP contribution in [-0.2, 0) is 9.59 Å². The highest BCUT2D eigenvalue weighted by atomic mass is 16.2. The van der Waals surface area contributed by atoms with E-state index in [2.05, 4.69) is 17.6 Å². The fourth-order valence-electron chi connectivity index (χ4n) is 4.09. The van der Waals surface area contributed by atoms with Crippen molar-refractivity contribution in [3.8, 4) is 0 Å². The second-order valence-electron chi connectivity index (χ2n) is 7.80. The minimum absolute atomic E-state index is 0.000718. The zero-order valence-electron chi connectivity index (χ0n) is 15.7. The van der Waals surface area contributed by atoms with Crippen LogP contribution < -0.4 is 10.6 Å². The maximum absolute atomic E-state index is 12.6. The van der Waals surface area contributed by atoms with Crippen LogP contribution in [0.15, 0.2) is 30.3 Å². The third-order valence-electron chi connectivity index (χ3n) is 5.90. The van der Waals surface area contributed by atoms with Crippen LogP contribution in [0, 0.1) is 17.8 Å². The van der Waals surface area contributed by atoms with Crippen molar-refractivity contribution in [2.45, 2.75) is 39.0 Å². The number of rotatable bonds is 5. The molecule has 0 aromatic heterocycles. The summed E-state index contributed by atoms with van der Waals surface area (Å²) in [5.74, 6) is 1.37. The van der Waals surface area contributed by atoms with Crippen LogP contribution in [0.25, 0.3) is 0 Å². The Balaban J connectivity index is 1.42. The van der Waals surface area contributed by atoms with Gasteiger partial charge in [-0.2, -0.15) is 0 Å². The number of amides is 2. The maximum Gasteiger partial charge on any atom is 0.227 e. The molecular formula is C21H31N3O2. The Morgan fingerprint density at radius 3 is 2.58 bits per heavy atom. The van der Waals surface area contributed by atoms with Crippen molar-refractivity contribution in [2.24, 2.45) is 17.8 Å². The highest BCUT2D eigenvalue weighted by molar-refractivity contribution is 5.92. The molecule has 2 amide bonds. The SMILES string of the molecule is CC(CC(=O)N1CCC(C(=O)Nc2ccccc2)CC1)C1CCCNC1. The molecule has 5 nitrogen and oxygen atoms in total. The van der Waals surface area contributed by atoms with Gasteiger partial charge in [0.15, 0.2) is 0 Å². The maximum atomic E-state index is 12.6. The Morgan fingerprint density at radius 1 is 1.19 bits per heavy atom. The van der Waals surface area contributed by atoms with Gasteiger partial charge in [-0.3, -0.25) is 9.59 Å². The normalized spacial score (nSPS) is 22.7. The fraction of sp³-hybridized carbons (Fsp3) is 0.619. The average molecular weight is 357 g/mol. The number of nitrogens with one attached hydrogen (secondary N) is 2. The van der Waals surface area contributed by atoms with Crippen molar-refractivity contribution in [3.63, 3.8) is 0 Å². The summed E-state index contributed by atoms with van der Waals surface area (Å²) in [5, 5.41) is 6.42. The Labute approximate surface area is 156 Å². The monoisotopic (exact) mass is 357 g/mol. The number of anilines is 1. The zero-order valence-corrected chi connectivity index (χ0v) is 15.7. The summed E-state index contributed by atoms with van der Waals surface area (Å²) in [4.78, 5) is 27.0. The molecule has 3 rings (SSSR count). The van der Waals surface area contributed by atoms with E-state index >= 15 is 0 Å². The predicted molar refractivity (Wildman–Crippen MR) is 104 cm³/mol. The molecule has 2 unspecified atom stereocenters. The van der Waals surface area contributed by atoms with Gasteiger partial charge in [-0.1, -0.05) is 25.1 Å². The van der Waals surface area contributed by atoms with Gasteiger partial charge in [-0.25, -0.2) is 0 Å². The highest BCUT2D eigenvalue weighted by Crippen LogP contribution is 2.25. The quantitative estimate of drug-likeness (QED) is 0.852. The lowest BCUT2D eigenvalue weighted by Crippen LogP contribution is -2.43. The second-order valence-corrected chi connectivity index (χ2v) is 7.80. The molecule has 2 heterocycles. The third kappa shape index (κ3) is 5.07. The minimum atomic E-state index is -0.000718. The lowest BCUT2D eigenvalue weighted by Gasteiger charge is -2.34. The summed E-state index contributed by atoms with van der Waals surface area (Å²) in [6, 6.07) is 9.57. The fourth-order valence-corrected chi connectivity index (χ4v) is 4.09. The molecule has 0 aliphatic carbocycles. The number of likely N-dealkylation sites (tertiary alicyclic amines) is 1. The number of carbonyl (C=O) groups is 2. The number of piperidine rings is 2. The predicted octanol–water partition coefficient (Wildman–Crippen LogP) is 2.89. The molecule has 2 aliphatic heterocycles. The van der Waals surface area contributed by atoms with Gasteiger partial charge in [0.25, 0.3) is 0 Å². The molecule has 26 heavy (non-hydrogen) atoms. The minimum Gasteiger partial charge on any atom is -0.343 e. The number of hydrogen-bond acceptors (Lipinski definition) is 3. The Morgan fingerprint density at radius 2 is 1.92 bits per heavy atom. The summed E-state index contributed by atoms with van der Waals surface area (Å²) in [6.45, 7) is 5.74. The van der Waals surface area contributed by atoms with E-state index in [4.69, 9.17) is 0 Å². The molecule has 5 heteroatoms. The summed E-state index contributed by atoms with van der Waals surface area (Å²) < 4.78 is 0. The van der Waals surface area contributed by atoms with Gasteiger partial charge < -0.3 is 15.5 Å².